The second-order valence-corrected chi connectivity index (χ2v) is 4.84. The number of nitrogens with one attached hydrogen (secondary N) is 1. The van der Waals surface area contributed by atoms with Crippen molar-refractivity contribution < 1.29 is 4.79 Å². The van der Waals surface area contributed by atoms with Gasteiger partial charge in [-0.25, -0.2) is 0 Å². The lowest BCUT2D eigenvalue weighted by Gasteiger charge is -2.14. The number of hydrogen-bond acceptors (Lipinski definition) is 1. The van der Waals surface area contributed by atoms with E-state index in [4.69, 9.17) is 0 Å². The molecule has 0 spiro atoms. The first-order valence-corrected chi connectivity index (χ1v) is 6.44. The Morgan fingerprint density at radius 1 is 1.38 bits per heavy atom. The number of benzene rings is 1. The van der Waals surface area contributed by atoms with Gasteiger partial charge < -0.3 is 5.32 Å². The molecule has 0 saturated heterocycles. The Bertz CT molecular complexity index is 372. The van der Waals surface area contributed by atoms with Crippen LogP contribution in [0, 0.1) is 12.8 Å². The highest BCUT2D eigenvalue weighted by atomic mass is 79.9. The highest BCUT2D eigenvalue weighted by molar-refractivity contribution is 9.10. The van der Waals surface area contributed by atoms with Gasteiger partial charge in [0, 0.05) is 10.4 Å². The van der Waals surface area contributed by atoms with E-state index in [0.29, 0.717) is 0 Å². The fourth-order valence-corrected chi connectivity index (χ4v) is 1.97. The number of carbonyl (C=O) groups excluding carboxylic acids is 1. The average Bonchev–Trinajstić information content (AvgIpc) is 2.25. The minimum absolute atomic E-state index is 0.104. The van der Waals surface area contributed by atoms with Gasteiger partial charge in [0.1, 0.15) is 0 Å². The third-order valence-electron chi connectivity index (χ3n) is 2.74. The minimum atomic E-state index is 0.104. The summed E-state index contributed by atoms with van der Waals surface area (Å²) >= 11 is 3.44. The van der Waals surface area contributed by atoms with E-state index in [9.17, 15) is 4.79 Å². The first-order chi connectivity index (χ1) is 7.58. The predicted octanol–water partition coefficient (Wildman–Crippen LogP) is 4.13. The molecular weight excluding hydrogens is 266 g/mol. The Kier molecular flexibility index (Phi) is 5.00. The topological polar surface area (TPSA) is 29.1 Å². The Labute approximate surface area is 106 Å². The maximum Gasteiger partial charge on any atom is 0.227 e. The summed E-state index contributed by atoms with van der Waals surface area (Å²) in [6, 6.07) is 5.94. The van der Waals surface area contributed by atoms with E-state index in [-0.39, 0.29) is 11.8 Å². The van der Waals surface area contributed by atoms with Crippen molar-refractivity contribution in [3.8, 4) is 0 Å². The third kappa shape index (κ3) is 3.34. The molecule has 0 atom stereocenters. The van der Waals surface area contributed by atoms with E-state index in [1.807, 2.05) is 39.0 Å². The summed E-state index contributed by atoms with van der Waals surface area (Å²) in [6.45, 7) is 6.09. The van der Waals surface area contributed by atoms with Crippen LogP contribution < -0.4 is 5.32 Å². The van der Waals surface area contributed by atoms with Crippen LogP contribution in [0.1, 0.15) is 32.3 Å². The molecule has 1 N–H and O–H groups in total. The molecule has 0 radical (unpaired) electrons. The number of aryl methyl sites for hydroxylation is 1. The molecule has 0 saturated carbocycles. The first-order valence-electron chi connectivity index (χ1n) is 5.65. The zero-order valence-electron chi connectivity index (χ0n) is 10.0. The van der Waals surface area contributed by atoms with Gasteiger partial charge in [-0.2, -0.15) is 0 Å². The highest BCUT2D eigenvalue weighted by Crippen LogP contribution is 2.24. The van der Waals surface area contributed by atoms with E-state index in [1.54, 1.807) is 0 Å². The standard InChI is InChI=1S/C13H18BrNO/c1-4-10(5-2)13(16)15-12-8-9(3)6-7-11(12)14/h6-8,10H,4-5H2,1-3H3,(H,15,16). The summed E-state index contributed by atoms with van der Waals surface area (Å²) in [7, 11) is 0. The largest absolute Gasteiger partial charge is 0.325 e. The van der Waals surface area contributed by atoms with Crippen molar-refractivity contribution in [3.05, 3.63) is 28.2 Å². The SMILES string of the molecule is CCC(CC)C(=O)Nc1cc(C)ccc1Br. The van der Waals surface area contributed by atoms with E-state index >= 15 is 0 Å². The summed E-state index contributed by atoms with van der Waals surface area (Å²) in [4.78, 5) is 11.9. The van der Waals surface area contributed by atoms with Crippen molar-refractivity contribution in [2.75, 3.05) is 5.32 Å². The molecular formula is C13H18BrNO. The molecule has 0 aliphatic heterocycles. The summed E-state index contributed by atoms with van der Waals surface area (Å²) < 4.78 is 0.928. The molecule has 1 rings (SSSR count). The number of halogens is 1. The molecule has 0 bridgehead atoms. The lowest BCUT2D eigenvalue weighted by atomic mass is 10.0. The number of carbonyl (C=O) groups is 1. The lowest BCUT2D eigenvalue weighted by molar-refractivity contribution is -0.120. The molecule has 0 aromatic heterocycles. The molecule has 1 aromatic carbocycles. The fraction of sp³-hybridized carbons (Fsp3) is 0.462. The fourth-order valence-electron chi connectivity index (χ4n) is 1.63. The van der Waals surface area contributed by atoms with Crippen molar-refractivity contribution in [1.82, 2.24) is 0 Å². The second-order valence-electron chi connectivity index (χ2n) is 3.99. The van der Waals surface area contributed by atoms with E-state index < -0.39 is 0 Å². The van der Waals surface area contributed by atoms with Gasteiger partial charge in [-0.1, -0.05) is 19.9 Å². The Balaban J connectivity index is 2.80. The van der Waals surface area contributed by atoms with Gasteiger partial charge in [0.2, 0.25) is 5.91 Å². The van der Waals surface area contributed by atoms with Crippen LogP contribution in [0.5, 0.6) is 0 Å². The van der Waals surface area contributed by atoms with Gasteiger partial charge in [-0.3, -0.25) is 4.79 Å². The highest BCUT2D eigenvalue weighted by Gasteiger charge is 2.15. The Morgan fingerprint density at radius 3 is 2.56 bits per heavy atom. The summed E-state index contributed by atoms with van der Waals surface area (Å²) in [5.74, 6) is 0.212. The lowest BCUT2D eigenvalue weighted by Crippen LogP contribution is -2.21. The molecule has 3 heteroatoms. The van der Waals surface area contributed by atoms with Gasteiger partial charge in [0.05, 0.1) is 5.69 Å². The summed E-state index contributed by atoms with van der Waals surface area (Å²) in [5.41, 5.74) is 2.00. The molecule has 0 unspecified atom stereocenters. The smallest absolute Gasteiger partial charge is 0.227 e. The molecule has 0 aliphatic carbocycles. The summed E-state index contributed by atoms with van der Waals surface area (Å²) in [6.07, 6.45) is 1.76. The van der Waals surface area contributed by atoms with Crippen molar-refractivity contribution in [2.45, 2.75) is 33.6 Å². The molecule has 1 aromatic rings. The maximum atomic E-state index is 11.9. The zero-order valence-corrected chi connectivity index (χ0v) is 11.6. The van der Waals surface area contributed by atoms with Crippen molar-refractivity contribution >= 4 is 27.5 Å². The minimum Gasteiger partial charge on any atom is -0.325 e. The number of hydrogen-bond donors (Lipinski definition) is 1. The number of anilines is 1. The van der Waals surface area contributed by atoms with Crippen LogP contribution in [-0.2, 0) is 4.79 Å². The number of rotatable bonds is 4. The molecule has 2 nitrogen and oxygen atoms in total. The van der Waals surface area contributed by atoms with E-state index in [2.05, 4.69) is 21.2 Å². The monoisotopic (exact) mass is 283 g/mol. The van der Waals surface area contributed by atoms with Gasteiger partial charge >= 0.3 is 0 Å². The van der Waals surface area contributed by atoms with Gasteiger partial charge in [0.25, 0.3) is 0 Å². The van der Waals surface area contributed by atoms with Crippen LogP contribution in [0.2, 0.25) is 0 Å². The zero-order chi connectivity index (χ0) is 12.1. The molecule has 0 fully saturated rings. The molecule has 0 aliphatic rings. The molecule has 16 heavy (non-hydrogen) atoms. The van der Waals surface area contributed by atoms with E-state index in [1.165, 1.54) is 0 Å². The third-order valence-corrected chi connectivity index (χ3v) is 3.43. The van der Waals surface area contributed by atoms with Crippen molar-refractivity contribution in [3.63, 3.8) is 0 Å². The molecule has 1 amide bonds. The van der Waals surface area contributed by atoms with Gasteiger partial charge in [0.15, 0.2) is 0 Å². The van der Waals surface area contributed by atoms with Crippen molar-refractivity contribution in [1.29, 1.82) is 0 Å². The summed E-state index contributed by atoms with van der Waals surface area (Å²) in [5, 5.41) is 2.97. The van der Waals surface area contributed by atoms with Crippen LogP contribution in [0.15, 0.2) is 22.7 Å². The number of amides is 1. The van der Waals surface area contributed by atoms with E-state index in [0.717, 1.165) is 28.6 Å². The normalized spacial score (nSPS) is 10.6. The van der Waals surface area contributed by atoms with Crippen molar-refractivity contribution in [2.24, 2.45) is 5.92 Å². The predicted molar refractivity (Wildman–Crippen MR) is 71.6 cm³/mol. The van der Waals surface area contributed by atoms with Crippen LogP contribution >= 0.6 is 15.9 Å². The Morgan fingerprint density at radius 2 is 2.00 bits per heavy atom. The van der Waals surface area contributed by atoms with Crippen LogP contribution in [0.3, 0.4) is 0 Å². The van der Waals surface area contributed by atoms with Gasteiger partial charge in [-0.05, 0) is 53.4 Å². The van der Waals surface area contributed by atoms with Crippen LogP contribution in [-0.4, -0.2) is 5.91 Å². The second kappa shape index (κ2) is 6.04. The molecule has 88 valence electrons. The molecule has 0 heterocycles. The average molecular weight is 284 g/mol. The first kappa shape index (κ1) is 13.2. The maximum absolute atomic E-state index is 11.9. The van der Waals surface area contributed by atoms with Crippen LogP contribution in [0.4, 0.5) is 5.69 Å². The Hall–Kier alpha value is -0.830. The van der Waals surface area contributed by atoms with Crippen LogP contribution in [0.25, 0.3) is 0 Å². The quantitative estimate of drug-likeness (QED) is 0.884. The van der Waals surface area contributed by atoms with Gasteiger partial charge in [-0.15, -0.1) is 0 Å².